The maximum absolute atomic E-state index is 2.39. The molecule has 0 saturated heterocycles. The van der Waals surface area contributed by atoms with Crippen molar-refractivity contribution in [3.05, 3.63) is 47.6 Å². The van der Waals surface area contributed by atoms with Crippen LogP contribution >= 0.6 is 0 Å². The zero-order chi connectivity index (χ0) is 12.9. The van der Waals surface area contributed by atoms with Gasteiger partial charge in [-0.3, -0.25) is 0 Å². The first-order valence-corrected chi connectivity index (χ1v) is 6.85. The fourth-order valence-electron chi connectivity index (χ4n) is 2.28. The van der Waals surface area contributed by atoms with E-state index in [4.69, 9.17) is 0 Å². The Morgan fingerprint density at radius 2 is 1.94 bits per heavy atom. The van der Waals surface area contributed by atoms with E-state index in [0.717, 1.165) is 5.92 Å². The summed E-state index contributed by atoms with van der Waals surface area (Å²) in [7, 11) is 0. The molecule has 0 N–H and O–H groups in total. The van der Waals surface area contributed by atoms with Crippen LogP contribution in [0.1, 0.15) is 47.5 Å². The summed E-state index contributed by atoms with van der Waals surface area (Å²) in [6.45, 7) is 10.8. The van der Waals surface area contributed by atoms with Gasteiger partial charge >= 0.3 is 0 Å². The van der Waals surface area contributed by atoms with Crippen molar-refractivity contribution in [3.63, 3.8) is 0 Å². The van der Waals surface area contributed by atoms with Crippen molar-refractivity contribution in [1.29, 1.82) is 0 Å². The molecule has 0 aromatic rings. The fourth-order valence-corrected chi connectivity index (χ4v) is 2.28. The summed E-state index contributed by atoms with van der Waals surface area (Å²) in [5.74, 6) is 0.771. The van der Waals surface area contributed by atoms with Gasteiger partial charge in [-0.25, -0.2) is 0 Å². The molecule has 0 nitrogen and oxygen atoms in total. The first kappa shape index (κ1) is 14.0. The molecule has 0 amide bonds. The monoisotopic (exact) mass is 230 g/mol. The molecule has 0 heteroatoms. The molecule has 0 aromatic heterocycles. The molecule has 1 unspecified atom stereocenters. The number of fused-ring (bicyclic) bond motifs is 1. The van der Waals surface area contributed by atoms with Crippen LogP contribution in [0.3, 0.4) is 0 Å². The Kier molecular flexibility index (Phi) is 4.99. The summed E-state index contributed by atoms with van der Waals surface area (Å²) in [5, 5.41) is 0. The van der Waals surface area contributed by atoms with Crippen molar-refractivity contribution in [1.82, 2.24) is 0 Å². The number of rotatable bonds is 0. The number of hydrogen-bond donors (Lipinski definition) is 0. The summed E-state index contributed by atoms with van der Waals surface area (Å²) in [5.41, 5.74) is 3.11. The minimum absolute atomic E-state index is 0.186. The van der Waals surface area contributed by atoms with Crippen molar-refractivity contribution in [2.75, 3.05) is 0 Å². The van der Waals surface area contributed by atoms with Crippen LogP contribution in [-0.2, 0) is 0 Å². The summed E-state index contributed by atoms with van der Waals surface area (Å²) >= 11 is 0. The van der Waals surface area contributed by atoms with Crippen LogP contribution in [0.15, 0.2) is 47.6 Å². The van der Waals surface area contributed by atoms with E-state index in [-0.39, 0.29) is 5.41 Å². The Labute approximate surface area is 107 Å². The Balaban J connectivity index is 0.000000686. The quantitative estimate of drug-likeness (QED) is 0.519. The van der Waals surface area contributed by atoms with Gasteiger partial charge in [-0.15, -0.1) is 0 Å². The molecule has 0 aliphatic heterocycles. The second-order valence-corrected chi connectivity index (χ2v) is 5.42. The average molecular weight is 230 g/mol. The highest BCUT2D eigenvalue weighted by Gasteiger charge is 2.17. The van der Waals surface area contributed by atoms with Gasteiger partial charge in [0, 0.05) is 5.41 Å². The Morgan fingerprint density at radius 3 is 2.65 bits per heavy atom. The molecule has 0 bridgehead atoms. The van der Waals surface area contributed by atoms with E-state index >= 15 is 0 Å². The normalized spacial score (nSPS) is 25.6. The van der Waals surface area contributed by atoms with E-state index in [2.05, 4.69) is 57.2 Å². The minimum Gasteiger partial charge on any atom is -0.0837 e. The van der Waals surface area contributed by atoms with Gasteiger partial charge in [0.2, 0.25) is 0 Å². The van der Waals surface area contributed by atoms with Gasteiger partial charge < -0.3 is 0 Å². The zero-order valence-electron chi connectivity index (χ0n) is 12.0. The largest absolute Gasteiger partial charge is 0.0837 e. The molecule has 0 heterocycles. The van der Waals surface area contributed by atoms with E-state index < -0.39 is 0 Å². The van der Waals surface area contributed by atoms with Gasteiger partial charge in [0.25, 0.3) is 0 Å². The highest BCUT2D eigenvalue weighted by atomic mass is 14.2. The molecule has 2 aliphatic rings. The third-order valence-electron chi connectivity index (χ3n) is 3.13. The minimum atomic E-state index is 0.186. The molecule has 2 aliphatic carbocycles. The maximum atomic E-state index is 2.39. The van der Waals surface area contributed by atoms with Crippen LogP contribution in [0.25, 0.3) is 0 Å². The Hall–Kier alpha value is -1.04. The smallest absolute Gasteiger partial charge is 0.00166 e. The molecule has 17 heavy (non-hydrogen) atoms. The van der Waals surface area contributed by atoms with Crippen molar-refractivity contribution in [2.24, 2.45) is 11.3 Å². The molecule has 0 saturated carbocycles. The summed E-state index contributed by atoms with van der Waals surface area (Å²) in [4.78, 5) is 0. The lowest BCUT2D eigenvalue weighted by Gasteiger charge is -2.15. The van der Waals surface area contributed by atoms with Crippen molar-refractivity contribution in [3.8, 4) is 0 Å². The van der Waals surface area contributed by atoms with Crippen molar-refractivity contribution >= 4 is 0 Å². The van der Waals surface area contributed by atoms with Crippen molar-refractivity contribution < 1.29 is 0 Å². The molecule has 2 rings (SSSR count). The molecule has 1 atom stereocenters. The zero-order valence-corrected chi connectivity index (χ0v) is 12.0. The fraction of sp³-hybridized carbons (Fsp3) is 0.529. The van der Waals surface area contributed by atoms with Crippen LogP contribution < -0.4 is 0 Å². The van der Waals surface area contributed by atoms with Crippen LogP contribution in [0.4, 0.5) is 0 Å². The van der Waals surface area contributed by atoms with E-state index in [1.54, 1.807) is 0 Å². The maximum Gasteiger partial charge on any atom is 0.00166 e. The van der Waals surface area contributed by atoms with E-state index in [1.807, 2.05) is 13.8 Å². The molecular formula is C17H26. The van der Waals surface area contributed by atoms with Crippen LogP contribution in [0.5, 0.6) is 0 Å². The molecule has 0 fully saturated rings. The van der Waals surface area contributed by atoms with Crippen LogP contribution in [-0.4, -0.2) is 0 Å². The molecule has 94 valence electrons. The molecular weight excluding hydrogens is 204 g/mol. The predicted octanol–water partition coefficient (Wildman–Crippen LogP) is 5.45. The van der Waals surface area contributed by atoms with Gasteiger partial charge in [-0.05, 0) is 29.9 Å². The summed E-state index contributed by atoms with van der Waals surface area (Å²) in [6.07, 6.45) is 16.2. The van der Waals surface area contributed by atoms with Gasteiger partial charge in [-0.1, -0.05) is 71.1 Å². The summed E-state index contributed by atoms with van der Waals surface area (Å²) in [6, 6.07) is 0. The third-order valence-corrected chi connectivity index (χ3v) is 3.13. The lowest BCUT2D eigenvalue weighted by molar-refractivity contribution is 0.594. The van der Waals surface area contributed by atoms with E-state index in [0.29, 0.717) is 0 Å². The second kappa shape index (κ2) is 6.05. The second-order valence-electron chi connectivity index (χ2n) is 5.42. The van der Waals surface area contributed by atoms with Gasteiger partial charge in [-0.2, -0.15) is 0 Å². The van der Waals surface area contributed by atoms with Crippen LogP contribution in [0, 0.1) is 11.3 Å². The highest BCUT2D eigenvalue weighted by molar-refractivity contribution is 5.46. The van der Waals surface area contributed by atoms with Crippen molar-refractivity contribution in [2.45, 2.75) is 47.5 Å². The number of hydrogen-bond acceptors (Lipinski definition) is 0. The number of allylic oxidation sites excluding steroid dienone is 8. The van der Waals surface area contributed by atoms with Gasteiger partial charge in [0.05, 0.1) is 0 Å². The average Bonchev–Trinajstić information content (AvgIpc) is 2.50. The SMILES string of the molecule is CC.CC1CC=CC2=CC(C)(C)C=CC=C2C1. The lowest BCUT2D eigenvalue weighted by atomic mass is 9.89. The highest BCUT2D eigenvalue weighted by Crippen LogP contribution is 2.33. The standard InChI is InChI=1S/C15H20.C2H6/c1-12-6-4-7-14-11-15(2,3)9-5-8-13(14)10-12;1-2/h4-5,7-9,11-12H,6,10H2,1-3H3;1-2H3. The first-order chi connectivity index (χ1) is 8.07. The Bertz CT molecular complexity index is 361. The first-order valence-electron chi connectivity index (χ1n) is 6.85. The third kappa shape index (κ3) is 4.03. The summed E-state index contributed by atoms with van der Waals surface area (Å²) < 4.78 is 0. The predicted molar refractivity (Wildman–Crippen MR) is 78.0 cm³/mol. The van der Waals surface area contributed by atoms with E-state index in [9.17, 15) is 0 Å². The molecule has 0 radical (unpaired) electrons. The topological polar surface area (TPSA) is 0 Å². The van der Waals surface area contributed by atoms with Gasteiger partial charge in [0.1, 0.15) is 0 Å². The van der Waals surface area contributed by atoms with E-state index in [1.165, 1.54) is 24.0 Å². The lowest BCUT2D eigenvalue weighted by Crippen LogP contribution is -2.03. The van der Waals surface area contributed by atoms with Gasteiger partial charge in [0.15, 0.2) is 0 Å². The Morgan fingerprint density at radius 1 is 1.24 bits per heavy atom. The van der Waals surface area contributed by atoms with Crippen LogP contribution in [0.2, 0.25) is 0 Å². The molecule has 0 aromatic carbocycles. The molecule has 0 spiro atoms.